The molecule has 0 aliphatic heterocycles. The normalized spacial score (nSPS) is 11.1. The number of carbonyl (C=O) groups excluding carboxylic acids is 1. The summed E-state index contributed by atoms with van der Waals surface area (Å²) in [5, 5.41) is 4.57. The zero-order chi connectivity index (χ0) is 19.6. The average Bonchev–Trinajstić information content (AvgIpc) is 3.06. The first kappa shape index (κ1) is 19.1. The quantitative estimate of drug-likeness (QED) is 0.701. The highest BCUT2D eigenvalue weighted by atomic mass is 32.1. The summed E-state index contributed by atoms with van der Waals surface area (Å²) in [6, 6.07) is 7.65. The van der Waals surface area contributed by atoms with Gasteiger partial charge in [0.1, 0.15) is 11.4 Å². The van der Waals surface area contributed by atoms with Crippen LogP contribution in [0.15, 0.2) is 34.4 Å². The molecule has 0 atom stereocenters. The molecule has 3 aromatic rings. The van der Waals surface area contributed by atoms with Gasteiger partial charge < -0.3 is 10.1 Å². The second kappa shape index (κ2) is 7.92. The second-order valence-electron chi connectivity index (χ2n) is 6.64. The van der Waals surface area contributed by atoms with Crippen LogP contribution in [0.1, 0.15) is 43.6 Å². The average molecular weight is 385 g/mol. The minimum Gasteiger partial charge on any atom is -0.484 e. The summed E-state index contributed by atoms with van der Waals surface area (Å²) < 4.78 is 7.09. The number of carbonyl (C=O) groups is 1. The lowest BCUT2D eigenvalue weighted by atomic mass is 10.0. The number of hydrogen-bond donors (Lipinski definition) is 1. The third-order valence-corrected chi connectivity index (χ3v) is 5.24. The number of benzene rings is 1. The van der Waals surface area contributed by atoms with Crippen molar-refractivity contribution in [2.24, 2.45) is 0 Å². The van der Waals surface area contributed by atoms with Crippen molar-refractivity contribution in [1.29, 1.82) is 0 Å². The Balaban J connectivity index is 1.73. The van der Waals surface area contributed by atoms with E-state index in [1.54, 1.807) is 11.3 Å². The van der Waals surface area contributed by atoms with E-state index in [0.717, 1.165) is 5.69 Å². The summed E-state index contributed by atoms with van der Waals surface area (Å²) in [6.45, 7) is 7.75. The molecule has 0 unspecified atom stereocenters. The van der Waals surface area contributed by atoms with Crippen LogP contribution < -0.4 is 15.6 Å². The number of nitrogens with one attached hydrogen (secondary N) is 1. The molecule has 0 spiro atoms. The molecule has 0 saturated heterocycles. The number of rotatable bonds is 6. The van der Waals surface area contributed by atoms with E-state index < -0.39 is 5.91 Å². The third-order valence-electron chi connectivity index (χ3n) is 4.36. The first-order valence-corrected chi connectivity index (χ1v) is 9.81. The number of ether oxygens (including phenoxy) is 1. The van der Waals surface area contributed by atoms with Crippen LogP contribution in [0.4, 0.5) is 5.69 Å². The summed E-state index contributed by atoms with van der Waals surface area (Å²) in [5.41, 5.74) is 2.52. The monoisotopic (exact) mass is 385 g/mol. The molecule has 6 nitrogen and oxygen atoms in total. The number of aromatic nitrogens is 2. The van der Waals surface area contributed by atoms with Gasteiger partial charge in [0.25, 0.3) is 11.5 Å². The van der Waals surface area contributed by atoms with Crippen LogP contribution >= 0.6 is 11.3 Å². The highest BCUT2D eigenvalue weighted by Gasteiger charge is 2.16. The Labute approximate surface area is 161 Å². The van der Waals surface area contributed by atoms with Crippen molar-refractivity contribution in [3.8, 4) is 5.75 Å². The Morgan fingerprint density at radius 1 is 1.30 bits per heavy atom. The molecule has 1 aromatic carbocycles. The van der Waals surface area contributed by atoms with Gasteiger partial charge in [0, 0.05) is 11.1 Å². The van der Waals surface area contributed by atoms with E-state index in [-0.39, 0.29) is 17.9 Å². The molecular weight excluding hydrogens is 362 g/mol. The van der Waals surface area contributed by atoms with Crippen molar-refractivity contribution in [2.45, 2.75) is 40.0 Å². The van der Waals surface area contributed by atoms with Crippen molar-refractivity contribution in [3.63, 3.8) is 0 Å². The predicted octanol–water partition coefficient (Wildman–Crippen LogP) is 3.77. The second-order valence-corrected chi connectivity index (χ2v) is 7.47. The number of amides is 1. The van der Waals surface area contributed by atoms with Gasteiger partial charge in [-0.1, -0.05) is 32.9 Å². The Kier molecular flexibility index (Phi) is 5.60. The molecule has 2 heterocycles. The van der Waals surface area contributed by atoms with Gasteiger partial charge in [-0.3, -0.25) is 14.0 Å². The zero-order valence-corrected chi connectivity index (χ0v) is 16.7. The third kappa shape index (κ3) is 4.03. The molecule has 0 radical (unpaired) electrons. The first-order chi connectivity index (χ1) is 12.9. The van der Waals surface area contributed by atoms with Crippen LogP contribution in [0.2, 0.25) is 0 Å². The molecule has 0 aliphatic rings. The van der Waals surface area contributed by atoms with Gasteiger partial charge in [0.15, 0.2) is 11.6 Å². The fourth-order valence-corrected chi connectivity index (χ4v) is 3.78. The van der Waals surface area contributed by atoms with E-state index >= 15 is 0 Å². The molecule has 0 fully saturated rings. The first-order valence-electron chi connectivity index (χ1n) is 8.93. The highest BCUT2D eigenvalue weighted by Crippen LogP contribution is 2.19. The number of hydrogen-bond acceptors (Lipinski definition) is 5. The summed E-state index contributed by atoms with van der Waals surface area (Å²) in [6.07, 6.45) is 0.716. The fraction of sp³-hybridized carbons (Fsp3) is 0.350. The Morgan fingerprint density at radius 3 is 2.63 bits per heavy atom. The Hall–Kier alpha value is -2.67. The van der Waals surface area contributed by atoms with Crippen molar-refractivity contribution < 1.29 is 9.53 Å². The molecule has 142 valence electrons. The van der Waals surface area contributed by atoms with Gasteiger partial charge in [0.2, 0.25) is 0 Å². The van der Waals surface area contributed by atoms with Gasteiger partial charge >= 0.3 is 0 Å². The molecule has 0 saturated carbocycles. The van der Waals surface area contributed by atoms with Gasteiger partial charge in [-0.25, -0.2) is 4.98 Å². The Morgan fingerprint density at radius 2 is 2.00 bits per heavy atom. The van der Waals surface area contributed by atoms with Crippen LogP contribution in [0.5, 0.6) is 5.75 Å². The van der Waals surface area contributed by atoms with E-state index in [2.05, 4.69) is 24.1 Å². The van der Waals surface area contributed by atoms with Crippen molar-refractivity contribution in [2.75, 3.05) is 11.9 Å². The largest absolute Gasteiger partial charge is 0.484 e. The predicted molar refractivity (Wildman–Crippen MR) is 108 cm³/mol. The van der Waals surface area contributed by atoms with E-state index in [0.29, 0.717) is 28.7 Å². The molecule has 27 heavy (non-hydrogen) atoms. The lowest BCUT2D eigenvalue weighted by molar-refractivity contribution is -0.118. The van der Waals surface area contributed by atoms with Crippen LogP contribution in [-0.2, 0) is 11.2 Å². The van der Waals surface area contributed by atoms with E-state index in [9.17, 15) is 9.59 Å². The molecule has 3 rings (SSSR count). The number of aryl methyl sites for hydroxylation is 2. The summed E-state index contributed by atoms with van der Waals surface area (Å²) >= 11 is 1.42. The summed E-state index contributed by atoms with van der Waals surface area (Å²) in [5.74, 6) is 0.659. The zero-order valence-electron chi connectivity index (χ0n) is 15.9. The summed E-state index contributed by atoms with van der Waals surface area (Å²) in [4.78, 5) is 30.1. The number of anilines is 1. The van der Waals surface area contributed by atoms with Gasteiger partial charge in [-0.2, -0.15) is 0 Å². The number of fused-ring (bicyclic) bond motifs is 1. The molecule has 0 aliphatic carbocycles. The fourth-order valence-electron chi connectivity index (χ4n) is 2.77. The number of nitrogens with zero attached hydrogens (tertiary/aromatic N) is 2. The van der Waals surface area contributed by atoms with Crippen LogP contribution in [0, 0.1) is 6.92 Å². The maximum atomic E-state index is 12.8. The van der Waals surface area contributed by atoms with Crippen LogP contribution in [0.25, 0.3) is 4.96 Å². The topological polar surface area (TPSA) is 72.7 Å². The van der Waals surface area contributed by atoms with E-state index in [1.165, 1.54) is 16.9 Å². The van der Waals surface area contributed by atoms with Gasteiger partial charge in [0.05, 0.1) is 5.69 Å². The Bertz CT molecular complexity index is 1020. The summed E-state index contributed by atoms with van der Waals surface area (Å²) in [7, 11) is 0. The van der Waals surface area contributed by atoms with Gasteiger partial charge in [-0.05, 0) is 37.0 Å². The maximum absolute atomic E-state index is 12.8. The van der Waals surface area contributed by atoms with Crippen LogP contribution in [-0.4, -0.2) is 21.9 Å². The minimum absolute atomic E-state index is 0.174. The lowest BCUT2D eigenvalue weighted by Crippen LogP contribution is -2.28. The van der Waals surface area contributed by atoms with E-state index in [1.807, 2.05) is 36.6 Å². The molecule has 1 amide bonds. The standard InChI is InChI=1S/C20H23N3O3S/c1-5-15-11-27-20-21-13(4)18(19(25)23(15)20)22-17(24)10-26-16-8-6-14(7-9-16)12(2)3/h6-9,11-12H,5,10H2,1-4H3,(H,22,24). The minimum atomic E-state index is -0.391. The number of thiazole rings is 1. The van der Waals surface area contributed by atoms with Crippen molar-refractivity contribution in [3.05, 3.63) is 57.0 Å². The van der Waals surface area contributed by atoms with Crippen molar-refractivity contribution >= 4 is 27.9 Å². The molecule has 1 N–H and O–H groups in total. The molecule has 2 aromatic heterocycles. The molecule has 0 bridgehead atoms. The van der Waals surface area contributed by atoms with E-state index in [4.69, 9.17) is 4.74 Å². The smallest absolute Gasteiger partial charge is 0.282 e. The highest BCUT2D eigenvalue weighted by molar-refractivity contribution is 7.15. The maximum Gasteiger partial charge on any atom is 0.282 e. The van der Waals surface area contributed by atoms with Crippen molar-refractivity contribution in [1.82, 2.24) is 9.38 Å². The molecule has 7 heteroatoms. The van der Waals surface area contributed by atoms with Crippen LogP contribution in [0.3, 0.4) is 0 Å². The SMILES string of the molecule is CCc1csc2nc(C)c(NC(=O)COc3ccc(C(C)C)cc3)c(=O)n12. The van der Waals surface area contributed by atoms with Gasteiger partial charge in [-0.15, -0.1) is 11.3 Å². The molecular formula is C20H23N3O3S. The lowest BCUT2D eigenvalue weighted by Gasteiger charge is -2.10.